The Bertz CT molecular complexity index is 946. The third-order valence-corrected chi connectivity index (χ3v) is 3.88. The molecule has 0 aliphatic rings. The number of benzene rings is 2. The number of hydrogen-bond donors (Lipinski definition) is 1. The molecule has 0 saturated heterocycles. The van der Waals surface area contributed by atoms with E-state index in [1.807, 2.05) is 32.0 Å². The zero-order valence-electron chi connectivity index (χ0n) is 14.2. The molecule has 0 aliphatic carbocycles. The van der Waals surface area contributed by atoms with Gasteiger partial charge >= 0.3 is 5.97 Å². The first kappa shape index (κ1) is 16.7. The molecule has 25 heavy (non-hydrogen) atoms. The molecule has 6 nitrogen and oxygen atoms in total. The molecule has 2 aromatic carbocycles. The third kappa shape index (κ3) is 3.52. The molecule has 1 heterocycles. The smallest absolute Gasteiger partial charge is 0.341 e. The SMILES string of the molecule is Cc1ccc(C)c(NC(=O)C(C)OC(=O)c2cccc3ocnc23)c1. The van der Waals surface area contributed by atoms with Crippen molar-refractivity contribution in [3.63, 3.8) is 0 Å². The van der Waals surface area contributed by atoms with Crippen LogP contribution in [0.3, 0.4) is 0 Å². The van der Waals surface area contributed by atoms with Gasteiger partial charge < -0.3 is 14.5 Å². The fourth-order valence-electron chi connectivity index (χ4n) is 2.43. The molecule has 1 atom stereocenters. The maximum atomic E-state index is 12.4. The van der Waals surface area contributed by atoms with Gasteiger partial charge in [-0.1, -0.05) is 18.2 Å². The molecule has 3 rings (SSSR count). The van der Waals surface area contributed by atoms with Crippen LogP contribution in [0.4, 0.5) is 5.69 Å². The second-order valence-electron chi connectivity index (χ2n) is 5.86. The second-order valence-corrected chi connectivity index (χ2v) is 5.86. The number of carbonyl (C=O) groups excluding carboxylic acids is 2. The number of rotatable bonds is 4. The van der Waals surface area contributed by atoms with Gasteiger partial charge in [0.15, 0.2) is 18.1 Å². The molecular formula is C19H18N2O4. The summed E-state index contributed by atoms with van der Waals surface area (Å²) in [5, 5.41) is 2.79. The number of anilines is 1. The van der Waals surface area contributed by atoms with Gasteiger partial charge in [-0.25, -0.2) is 9.78 Å². The van der Waals surface area contributed by atoms with E-state index in [4.69, 9.17) is 9.15 Å². The number of hydrogen-bond acceptors (Lipinski definition) is 5. The number of aryl methyl sites for hydroxylation is 2. The van der Waals surface area contributed by atoms with Gasteiger partial charge in [-0.05, 0) is 50.1 Å². The quantitative estimate of drug-likeness (QED) is 0.735. The van der Waals surface area contributed by atoms with Crippen molar-refractivity contribution in [1.29, 1.82) is 0 Å². The zero-order chi connectivity index (χ0) is 18.0. The van der Waals surface area contributed by atoms with Crippen LogP contribution in [0.1, 0.15) is 28.4 Å². The summed E-state index contributed by atoms with van der Waals surface area (Å²) in [5.41, 5.74) is 3.83. The summed E-state index contributed by atoms with van der Waals surface area (Å²) in [7, 11) is 0. The van der Waals surface area contributed by atoms with Crippen LogP contribution in [-0.4, -0.2) is 23.0 Å². The Labute approximate surface area is 144 Å². The van der Waals surface area contributed by atoms with Crippen LogP contribution in [0, 0.1) is 13.8 Å². The first-order valence-electron chi connectivity index (χ1n) is 7.87. The number of amides is 1. The number of oxazole rings is 1. The van der Waals surface area contributed by atoms with Gasteiger partial charge in [0, 0.05) is 5.69 Å². The molecule has 0 spiro atoms. The van der Waals surface area contributed by atoms with Crippen molar-refractivity contribution < 1.29 is 18.7 Å². The standard InChI is InChI=1S/C19H18N2O4/c1-11-7-8-12(2)15(9-11)21-18(22)13(3)25-19(23)14-5-4-6-16-17(14)20-10-24-16/h4-10,13H,1-3H3,(H,21,22). The number of esters is 1. The van der Waals surface area contributed by atoms with Crippen molar-refractivity contribution in [3.8, 4) is 0 Å². The summed E-state index contributed by atoms with van der Waals surface area (Å²) in [4.78, 5) is 28.7. The van der Waals surface area contributed by atoms with Gasteiger partial charge in [0.25, 0.3) is 5.91 Å². The monoisotopic (exact) mass is 338 g/mol. The minimum absolute atomic E-state index is 0.262. The summed E-state index contributed by atoms with van der Waals surface area (Å²) in [5.74, 6) is -1.02. The largest absolute Gasteiger partial charge is 0.449 e. The van der Waals surface area contributed by atoms with Crippen LogP contribution in [-0.2, 0) is 9.53 Å². The maximum absolute atomic E-state index is 12.4. The Morgan fingerprint density at radius 1 is 1.20 bits per heavy atom. The van der Waals surface area contributed by atoms with Crippen molar-refractivity contribution in [1.82, 2.24) is 4.98 Å². The highest BCUT2D eigenvalue weighted by Crippen LogP contribution is 2.19. The van der Waals surface area contributed by atoms with Gasteiger partial charge in [0.05, 0.1) is 5.56 Å². The lowest BCUT2D eigenvalue weighted by Gasteiger charge is -2.15. The van der Waals surface area contributed by atoms with Crippen molar-refractivity contribution in [2.45, 2.75) is 26.9 Å². The highest BCUT2D eigenvalue weighted by atomic mass is 16.5. The zero-order valence-corrected chi connectivity index (χ0v) is 14.2. The number of carbonyl (C=O) groups is 2. The molecule has 1 amide bonds. The lowest BCUT2D eigenvalue weighted by atomic mass is 10.1. The van der Waals surface area contributed by atoms with Crippen molar-refractivity contribution >= 4 is 28.7 Å². The van der Waals surface area contributed by atoms with E-state index in [0.717, 1.165) is 11.1 Å². The lowest BCUT2D eigenvalue weighted by Crippen LogP contribution is -2.30. The summed E-state index contributed by atoms with van der Waals surface area (Å²) in [6, 6.07) is 10.7. The summed E-state index contributed by atoms with van der Waals surface area (Å²) < 4.78 is 10.5. The molecular weight excluding hydrogens is 320 g/mol. The summed E-state index contributed by atoms with van der Waals surface area (Å²) in [6.45, 7) is 5.37. The third-order valence-electron chi connectivity index (χ3n) is 3.88. The topological polar surface area (TPSA) is 81.4 Å². The predicted octanol–water partition coefficient (Wildman–Crippen LogP) is 3.63. The highest BCUT2D eigenvalue weighted by Gasteiger charge is 2.21. The first-order valence-corrected chi connectivity index (χ1v) is 7.87. The van der Waals surface area contributed by atoms with Crippen LogP contribution in [0.25, 0.3) is 11.1 Å². The molecule has 1 aromatic heterocycles. The molecule has 0 saturated carbocycles. The normalized spacial score (nSPS) is 12.0. The van der Waals surface area contributed by atoms with E-state index in [9.17, 15) is 9.59 Å². The van der Waals surface area contributed by atoms with Crippen LogP contribution >= 0.6 is 0 Å². The second kappa shape index (κ2) is 6.76. The number of ether oxygens (including phenoxy) is 1. The Kier molecular flexibility index (Phi) is 4.52. The van der Waals surface area contributed by atoms with E-state index in [0.29, 0.717) is 16.8 Å². The average molecular weight is 338 g/mol. The lowest BCUT2D eigenvalue weighted by molar-refractivity contribution is -0.123. The fraction of sp³-hybridized carbons (Fsp3) is 0.211. The highest BCUT2D eigenvalue weighted by molar-refractivity contribution is 6.03. The van der Waals surface area contributed by atoms with Crippen LogP contribution in [0.5, 0.6) is 0 Å². The Hall–Kier alpha value is -3.15. The number of nitrogens with zero attached hydrogens (tertiary/aromatic N) is 1. The molecule has 128 valence electrons. The van der Waals surface area contributed by atoms with E-state index in [1.165, 1.54) is 13.3 Å². The van der Waals surface area contributed by atoms with Crippen molar-refractivity contribution in [2.75, 3.05) is 5.32 Å². The first-order chi connectivity index (χ1) is 12.0. The Morgan fingerprint density at radius 2 is 2.00 bits per heavy atom. The number of aromatic nitrogens is 1. The molecule has 1 unspecified atom stereocenters. The predicted molar refractivity (Wildman–Crippen MR) is 93.4 cm³/mol. The van der Waals surface area contributed by atoms with Crippen molar-refractivity contribution in [2.24, 2.45) is 0 Å². The number of fused-ring (bicyclic) bond motifs is 1. The van der Waals surface area contributed by atoms with Crippen LogP contribution < -0.4 is 5.32 Å². The molecule has 6 heteroatoms. The molecule has 3 aromatic rings. The minimum Gasteiger partial charge on any atom is -0.449 e. The van der Waals surface area contributed by atoms with E-state index < -0.39 is 18.0 Å². The molecule has 0 radical (unpaired) electrons. The van der Waals surface area contributed by atoms with Crippen LogP contribution in [0.15, 0.2) is 47.2 Å². The Balaban J connectivity index is 1.72. The molecule has 0 aliphatic heterocycles. The van der Waals surface area contributed by atoms with Crippen LogP contribution in [0.2, 0.25) is 0 Å². The molecule has 0 bridgehead atoms. The van der Waals surface area contributed by atoms with Gasteiger partial charge in [-0.2, -0.15) is 0 Å². The molecule has 0 fully saturated rings. The fourth-order valence-corrected chi connectivity index (χ4v) is 2.43. The van der Waals surface area contributed by atoms with Gasteiger partial charge in [0.1, 0.15) is 5.52 Å². The number of para-hydroxylation sites is 1. The van der Waals surface area contributed by atoms with Crippen molar-refractivity contribution in [3.05, 3.63) is 59.5 Å². The number of nitrogens with one attached hydrogen (secondary N) is 1. The Morgan fingerprint density at radius 3 is 2.80 bits per heavy atom. The average Bonchev–Trinajstić information content (AvgIpc) is 3.06. The minimum atomic E-state index is -0.949. The van der Waals surface area contributed by atoms with E-state index >= 15 is 0 Å². The van der Waals surface area contributed by atoms with E-state index in [2.05, 4.69) is 10.3 Å². The van der Waals surface area contributed by atoms with Gasteiger partial charge in [-0.15, -0.1) is 0 Å². The summed E-state index contributed by atoms with van der Waals surface area (Å²) in [6.07, 6.45) is 0.313. The van der Waals surface area contributed by atoms with Gasteiger partial charge in [0.2, 0.25) is 0 Å². The molecule has 1 N–H and O–H groups in total. The summed E-state index contributed by atoms with van der Waals surface area (Å²) >= 11 is 0. The van der Waals surface area contributed by atoms with E-state index in [-0.39, 0.29) is 5.56 Å². The van der Waals surface area contributed by atoms with Gasteiger partial charge in [-0.3, -0.25) is 4.79 Å². The maximum Gasteiger partial charge on any atom is 0.341 e. The van der Waals surface area contributed by atoms with E-state index in [1.54, 1.807) is 18.2 Å².